The summed E-state index contributed by atoms with van der Waals surface area (Å²) < 4.78 is 0. The minimum Gasteiger partial charge on any atom is -0.382 e. The van der Waals surface area contributed by atoms with E-state index in [9.17, 15) is 0 Å². The van der Waals surface area contributed by atoms with Crippen molar-refractivity contribution in [2.24, 2.45) is 0 Å². The largest absolute Gasteiger partial charge is 0.382 e. The van der Waals surface area contributed by atoms with E-state index < -0.39 is 0 Å². The molecule has 0 aromatic heterocycles. The maximum atomic E-state index is 5.94. The van der Waals surface area contributed by atoms with Gasteiger partial charge in [0.1, 0.15) is 0 Å². The minimum absolute atomic E-state index is 0.579. The van der Waals surface area contributed by atoms with Crippen molar-refractivity contribution >= 4 is 17.3 Å². The van der Waals surface area contributed by atoms with E-state index in [1.165, 1.54) is 29.7 Å². The van der Waals surface area contributed by atoms with Crippen LogP contribution in [0.25, 0.3) is 0 Å². The highest BCUT2D eigenvalue weighted by Gasteiger charge is 2.30. The molecule has 1 fully saturated rings. The van der Waals surface area contributed by atoms with E-state index in [0.717, 1.165) is 5.02 Å². The quantitative estimate of drug-likeness (QED) is 0.750. The van der Waals surface area contributed by atoms with E-state index in [1.54, 1.807) is 0 Å². The van der Waals surface area contributed by atoms with Gasteiger partial charge in [-0.05, 0) is 60.1 Å². The van der Waals surface area contributed by atoms with E-state index in [-0.39, 0.29) is 0 Å². The number of hydrogen-bond donors (Lipinski definition) is 1. The highest BCUT2D eigenvalue weighted by Crippen LogP contribution is 2.39. The van der Waals surface area contributed by atoms with Gasteiger partial charge >= 0.3 is 0 Å². The average Bonchev–Trinajstić information content (AvgIpc) is 2.44. The monoisotopic (exact) mass is 299 g/mol. The Balaban J connectivity index is 1.57. The van der Waals surface area contributed by atoms with Crippen LogP contribution in [0.3, 0.4) is 0 Å². The maximum Gasteiger partial charge on any atom is 0.0406 e. The van der Waals surface area contributed by atoms with Crippen LogP contribution in [0.15, 0.2) is 48.5 Å². The first-order valence-electron chi connectivity index (χ1n) is 7.74. The fourth-order valence-corrected chi connectivity index (χ4v) is 3.09. The van der Waals surface area contributed by atoms with Crippen molar-refractivity contribution in [3.63, 3.8) is 0 Å². The molecular weight excluding hydrogens is 278 g/mol. The van der Waals surface area contributed by atoms with Crippen molar-refractivity contribution in [1.82, 2.24) is 0 Å². The molecule has 3 rings (SSSR count). The molecule has 1 saturated carbocycles. The molecule has 0 radical (unpaired) electrons. The first-order valence-corrected chi connectivity index (χ1v) is 8.11. The first kappa shape index (κ1) is 14.5. The Morgan fingerprint density at radius 2 is 1.76 bits per heavy atom. The summed E-state index contributed by atoms with van der Waals surface area (Å²) in [5, 5.41) is 4.48. The van der Waals surface area contributed by atoms with Crippen LogP contribution in [-0.2, 0) is 0 Å². The molecule has 0 heterocycles. The predicted octanol–water partition coefficient (Wildman–Crippen LogP) is 5.82. The number of anilines is 1. The van der Waals surface area contributed by atoms with E-state index in [1.807, 2.05) is 12.1 Å². The van der Waals surface area contributed by atoms with Crippen LogP contribution in [0.1, 0.15) is 49.7 Å². The Kier molecular flexibility index (Phi) is 4.21. The summed E-state index contributed by atoms with van der Waals surface area (Å²) in [5.41, 5.74) is 4.06. The summed E-state index contributed by atoms with van der Waals surface area (Å²) in [6, 6.07) is 17.7. The van der Waals surface area contributed by atoms with Gasteiger partial charge in [-0.25, -0.2) is 0 Å². The third kappa shape index (κ3) is 3.41. The molecule has 0 amide bonds. The standard InChI is InChI=1S/C19H22ClN/c1-13(2)15-4-3-5-18(10-15)21-19-11-16(12-19)14-6-8-17(20)9-7-14/h3-10,13,16,19,21H,11-12H2,1-2H3. The molecule has 2 aromatic carbocycles. The van der Waals surface area contributed by atoms with Gasteiger partial charge in [0.05, 0.1) is 0 Å². The summed E-state index contributed by atoms with van der Waals surface area (Å²) in [7, 11) is 0. The van der Waals surface area contributed by atoms with Crippen molar-refractivity contribution in [3.8, 4) is 0 Å². The molecule has 0 bridgehead atoms. The third-order valence-corrected chi connectivity index (χ3v) is 4.66. The second-order valence-electron chi connectivity index (χ2n) is 6.34. The average molecular weight is 300 g/mol. The van der Waals surface area contributed by atoms with Gasteiger partial charge in [-0.2, -0.15) is 0 Å². The second kappa shape index (κ2) is 6.11. The molecule has 1 aliphatic rings. The van der Waals surface area contributed by atoms with E-state index in [0.29, 0.717) is 17.9 Å². The van der Waals surface area contributed by atoms with E-state index >= 15 is 0 Å². The minimum atomic E-state index is 0.579. The SMILES string of the molecule is CC(C)c1cccc(NC2CC(c3ccc(Cl)cc3)C2)c1. The highest BCUT2D eigenvalue weighted by molar-refractivity contribution is 6.30. The van der Waals surface area contributed by atoms with Crippen LogP contribution >= 0.6 is 11.6 Å². The summed E-state index contributed by atoms with van der Waals surface area (Å²) in [5.74, 6) is 1.25. The van der Waals surface area contributed by atoms with Crippen LogP contribution < -0.4 is 5.32 Å². The molecule has 1 N–H and O–H groups in total. The smallest absolute Gasteiger partial charge is 0.0406 e. The normalized spacial score (nSPS) is 21.1. The van der Waals surface area contributed by atoms with Gasteiger partial charge in [0, 0.05) is 16.8 Å². The second-order valence-corrected chi connectivity index (χ2v) is 6.78. The molecule has 0 atom stereocenters. The lowest BCUT2D eigenvalue weighted by Crippen LogP contribution is -2.33. The summed E-state index contributed by atoms with van der Waals surface area (Å²) >= 11 is 5.94. The van der Waals surface area contributed by atoms with Crippen LogP contribution in [0.4, 0.5) is 5.69 Å². The maximum absolute atomic E-state index is 5.94. The summed E-state index contributed by atoms with van der Waals surface area (Å²) in [6.07, 6.45) is 2.40. The number of hydrogen-bond acceptors (Lipinski definition) is 1. The topological polar surface area (TPSA) is 12.0 Å². The van der Waals surface area contributed by atoms with Crippen LogP contribution in [0, 0.1) is 0 Å². The number of rotatable bonds is 4. The zero-order valence-electron chi connectivity index (χ0n) is 12.6. The molecule has 1 aliphatic carbocycles. The number of benzene rings is 2. The Labute approximate surface area is 132 Å². The lowest BCUT2D eigenvalue weighted by Gasteiger charge is -2.37. The Morgan fingerprint density at radius 1 is 1.05 bits per heavy atom. The van der Waals surface area contributed by atoms with Gasteiger partial charge in [-0.15, -0.1) is 0 Å². The van der Waals surface area contributed by atoms with Crippen molar-refractivity contribution in [2.45, 2.75) is 44.6 Å². The first-order chi connectivity index (χ1) is 10.1. The predicted molar refractivity (Wildman–Crippen MR) is 91.4 cm³/mol. The van der Waals surface area contributed by atoms with Crippen molar-refractivity contribution < 1.29 is 0 Å². The van der Waals surface area contributed by atoms with Crippen molar-refractivity contribution in [1.29, 1.82) is 0 Å². The molecule has 21 heavy (non-hydrogen) atoms. The fraction of sp³-hybridized carbons (Fsp3) is 0.368. The van der Waals surface area contributed by atoms with Gasteiger partial charge in [0.15, 0.2) is 0 Å². The Bertz CT molecular complexity index is 597. The van der Waals surface area contributed by atoms with Crippen molar-refractivity contribution in [2.75, 3.05) is 5.32 Å². The van der Waals surface area contributed by atoms with Crippen LogP contribution in [0.2, 0.25) is 5.02 Å². The van der Waals surface area contributed by atoms with Gasteiger partial charge in [0.25, 0.3) is 0 Å². The van der Waals surface area contributed by atoms with E-state index in [2.05, 4.69) is 55.6 Å². The molecule has 0 aliphatic heterocycles. The van der Waals surface area contributed by atoms with Gasteiger partial charge < -0.3 is 5.32 Å². The number of halogens is 1. The summed E-state index contributed by atoms with van der Waals surface area (Å²) in [4.78, 5) is 0. The molecule has 2 aromatic rings. The van der Waals surface area contributed by atoms with Crippen LogP contribution in [-0.4, -0.2) is 6.04 Å². The Morgan fingerprint density at radius 3 is 2.43 bits per heavy atom. The van der Waals surface area contributed by atoms with Gasteiger partial charge in [0.2, 0.25) is 0 Å². The number of nitrogens with one attached hydrogen (secondary N) is 1. The zero-order valence-corrected chi connectivity index (χ0v) is 13.4. The summed E-state index contributed by atoms with van der Waals surface area (Å²) in [6.45, 7) is 4.47. The highest BCUT2D eigenvalue weighted by atomic mass is 35.5. The van der Waals surface area contributed by atoms with E-state index in [4.69, 9.17) is 11.6 Å². The molecule has 0 saturated heterocycles. The lowest BCUT2D eigenvalue weighted by molar-refractivity contribution is 0.374. The fourth-order valence-electron chi connectivity index (χ4n) is 2.97. The molecule has 2 heteroatoms. The molecular formula is C19H22ClN. The third-order valence-electron chi connectivity index (χ3n) is 4.40. The molecule has 0 unspecified atom stereocenters. The molecule has 1 nitrogen and oxygen atoms in total. The molecule has 110 valence electrons. The zero-order chi connectivity index (χ0) is 14.8. The van der Waals surface area contributed by atoms with Gasteiger partial charge in [-0.3, -0.25) is 0 Å². The lowest BCUT2D eigenvalue weighted by atomic mass is 9.76. The van der Waals surface area contributed by atoms with Gasteiger partial charge in [-0.1, -0.05) is 49.7 Å². The Hall–Kier alpha value is -1.47. The molecule has 0 spiro atoms. The van der Waals surface area contributed by atoms with Crippen molar-refractivity contribution in [3.05, 3.63) is 64.7 Å². The van der Waals surface area contributed by atoms with Crippen LogP contribution in [0.5, 0.6) is 0 Å².